The molecule has 0 unspecified atom stereocenters. The molecule has 2 amide bonds. The SMILES string of the molecule is CCC1=C2[C@@H](CC/C(=C/c3cc(Br)ccc3O)CC)OB(O)C[C@@H]2[C@@H]2C(=O)N(c3ccc(Nc4ccccc4)cc3)C(=O)[C@@H]2C1. The van der Waals surface area contributed by atoms with Gasteiger partial charge in [-0.2, -0.15) is 0 Å². The highest BCUT2D eigenvalue weighted by Gasteiger charge is 2.57. The van der Waals surface area contributed by atoms with Gasteiger partial charge in [-0.1, -0.05) is 65.2 Å². The van der Waals surface area contributed by atoms with Crippen LogP contribution in [0.2, 0.25) is 6.32 Å². The normalized spacial score (nSPS) is 23.3. The number of benzene rings is 3. The van der Waals surface area contributed by atoms with Crippen LogP contribution >= 0.6 is 15.9 Å². The van der Waals surface area contributed by atoms with Crippen LogP contribution in [0.1, 0.15) is 51.5 Å². The van der Waals surface area contributed by atoms with E-state index >= 15 is 0 Å². The Labute approximate surface area is 273 Å². The number of carbonyl (C=O) groups excluding carboxylic acids is 2. The summed E-state index contributed by atoms with van der Waals surface area (Å²) in [5.41, 5.74) is 6.54. The number of imide groups is 1. The lowest BCUT2D eigenvalue weighted by atomic mass is 9.58. The number of amides is 2. The summed E-state index contributed by atoms with van der Waals surface area (Å²) in [7, 11) is -1.01. The molecular weight excluding hydrogens is 631 g/mol. The van der Waals surface area contributed by atoms with Crippen LogP contribution in [0.4, 0.5) is 17.1 Å². The van der Waals surface area contributed by atoms with Crippen LogP contribution in [0.3, 0.4) is 0 Å². The van der Waals surface area contributed by atoms with Crippen molar-refractivity contribution in [2.45, 2.75) is 58.4 Å². The van der Waals surface area contributed by atoms with E-state index in [2.05, 4.69) is 35.1 Å². The summed E-state index contributed by atoms with van der Waals surface area (Å²) in [6.45, 7) is 4.18. The van der Waals surface area contributed by atoms with Crippen molar-refractivity contribution in [2.75, 3.05) is 10.2 Å². The van der Waals surface area contributed by atoms with Crippen molar-refractivity contribution in [1.82, 2.24) is 0 Å². The predicted octanol–water partition coefficient (Wildman–Crippen LogP) is 7.88. The minimum Gasteiger partial charge on any atom is -0.507 e. The number of anilines is 3. The van der Waals surface area contributed by atoms with Gasteiger partial charge in [0, 0.05) is 21.4 Å². The molecular formula is C36H38BBrN2O5. The van der Waals surface area contributed by atoms with Gasteiger partial charge in [0.05, 0.1) is 23.6 Å². The lowest BCUT2D eigenvalue weighted by molar-refractivity contribution is -0.122. The fourth-order valence-electron chi connectivity index (χ4n) is 7.27. The molecule has 45 heavy (non-hydrogen) atoms. The Morgan fingerprint density at radius 3 is 2.47 bits per heavy atom. The number of nitrogens with zero attached hydrogens (tertiary/aromatic N) is 1. The molecule has 0 bridgehead atoms. The number of allylic oxidation sites excluding steroid dienone is 2. The van der Waals surface area contributed by atoms with Gasteiger partial charge in [0.1, 0.15) is 5.75 Å². The maximum Gasteiger partial charge on any atom is 0.455 e. The average molecular weight is 669 g/mol. The number of hydrogen-bond acceptors (Lipinski definition) is 6. The van der Waals surface area contributed by atoms with Gasteiger partial charge >= 0.3 is 7.12 Å². The quantitative estimate of drug-likeness (QED) is 0.122. The van der Waals surface area contributed by atoms with Crippen LogP contribution in [0.15, 0.2) is 94.0 Å². The Morgan fingerprint density at radius 2 is 1.76 bits per heavy atom. The predicted molar refractivity (Wildman–Crippen MR) is 182 cm³/mol. The number of halogens is 1. The molecule has 3 N–H and O–H groups in total. The number of fused-ring (bicyclic) bond motifs is 3. The first-order chi connectivity index (χ1) is 21.8. The van der Waals surface area contributed by atoms with Crippen molar-refractivity contribution < 1.29 is 24.4 Å². The maximum absolute atomic E-state index is 14.1. The zero-order chi connectivity index (χ0) is 31.7. The van der Waals surface area contributed by atoms with Gasteiger partial charge < -0.3 is 20.1 Å². The van der Waals surface area contributed by atoms with Crippen molar-refractivity contribution in [3.63, 3.8) is 0 Å². The highest BCUT2D eigenvalue weighted by Crippen LogP contribution is 2.52. The third kappa shape index (κ3) is 6.39. The van der Waals surface area contributed by atoms with Crippen molar-refractivity contribution in [1.29, 1.82) is 0 Å². The lowest BCUT2D eigenvalue weighted by Gasteiger charge is -2.43. The van der Waals surface area contributed by atoms with Gasteiger partial charge in [-0.25, -0.2) is 0 Å². The molecule has 0 spiro atoms. The molecule has 1 aliphatic carbocycles. The monoisotopic (exact) mass is 668 g/mol. The number of rotatable bonds is 9. The highest BCUT2D eigenvalue weighted by atomic mass is 79.9. The van der Waals surface area contributed by atoms with Crippen molar-refractivity contribution in [2.24, 2.45) is 17.8 Å². The van der Waals surface area contributed by atoms with Crippen LogP contribution in [0.25, 0.3) is 6.08 Å². The van der Waals surface area contributed by atoms with Crippen LogP contribution in [0.5, 0.6) is 5.75 Å². The summed E-state index contributed by atoms with van der Waals surface area (Å²) in [6, 6.07) is 22.6. The third-order valence-corrected chi connectivity index (χ3v) is 9.95. The van der Waals surface area contributed by atoms with Gasteiger partial charge in [-0.3, -0.25) is 14.5 Å². The van der Waals surface area contributed by atoms with E-state index in [1.165, 1.54) is 4.90 Å². The first kappa shape index (κ1) is 31.3. The minimum absolute atomic E-state index is 0.165. The second kappa shape index (κ2) is 13.4. The molecule has 3 aromatic rings. The molecule has 2 aliphatic heterocycles. The Morgan fingerprint density at radius 1 is 1.02 bits per heavy atom. The number of nitrogens with one attached hydrogen (secondary N) is 1. The minimum atomic E-state index is -1.01. The number of carbonyl (C=O) groups is 2. The molecule has 0 aromatic heterocycles. The van der Waals surface area contributed by atoms with Crippen LogP contribution in [-0.2, 0) is 14.2 Å². The largest absolute Gasteiger partial charge is 0.507 e. The van der Waals surface area contributed by atoms with Gasteiger partial charge in [0.25, 0.3) is 0 Å². The van der Waals surface area contributed by atoms with Crippen molar-refractivity contribution >= 4 is 58.0 Å². The average Bonchev–Trinajstić information content (AvgIpc) is 3.30. The van der Waals surface area contributed by atoms with E-state index in [0.717, 1.165) is 51.0 Å². The van der Waals surface area contributed by atoms with Crippen LogP contribution in [-0.4, -0.2) is 35.2 Å². The molecule has 2 saturated heterocycles. The number of phenols is 1. The zero-order valence-corrected chi connectivity index (χ0v) is 27.2. The molecule has 2 heterocycles. The maximum atomic E-state index is 14.1. The molecule has 232 valence electrons. The number of aromatic hydroxyl groups is 1. The highest BCUT2D eigenvalue weighted by molar-refractivity contribution is 9.10. The third-order valence-electron chi connectivity index (χ3n) is 9.45. The fraction of sp³-hybridized carbons (Fsp3) is 0.333. The molecule has 3 aliphatic rings. The lowest BCUT2D eigenvalue weighted by Crippen LogP contribution is -2.46. The standard InChI is InChI=1S/C36H38BBrN2O5/c1-3-22(18-24-19-25(38)11-16-31(24)41)10-17-32-33-23(4-2)20-29-34(30(33)21-37(44)45-32)36(43)40(35(29)42)28-14-12-27(13-15-28)39-26-8-6-5-7-9-26/h5-9,11-16,18-19,29-30,32,34,39,41,44H,3-4,10,17,20-21H2,1-2H3/b22-18+/t29-,30+,32-,34-/m1/s1. The van der Waals surface area contributed by atoms with E-state index in [-0.39, 0.29) is 29.6 Å². The summed E-state index contributed by atoms with van der Waals surface area (Å²) in [5, 5.41) is 24.6. The molecule has 0 radical (unpaired) electrons. The van der Waals surface area contributed by atoms with Gasteiger partial charge in [-0.05, 0) is 105 Å². The Bertz CT molecular complexity index is 1640. The number of para-hydroxylation sites is 1. The molecule has 3 aromatic carbocycles. The Balaban J connectivity index is 1.23. The van der Waals surface area contributed by atoms with Gasteiger partial charge in [-0.15, -0.1) is 0 Å². The molecule has 2 fully saturated rings. The topological polar surface area (TPSA) is 99.1 Å². The van der Waals surface area contributed by atoms with E-state index in [1.54, 1.807) is 12.1 Å². The van der Waals surface area contributed by atoms with Crippen LogP contribution in [0, 0.1) is 17.8 Å². The molecule has 6 rings (SSSR count). The summed E-state index contributed by atoms with van der Waals surface area (Å²) in [5.74, 6) is -1.36. The number of phenolic OH excluding ortho intramolecular Hbond substituents is 1. The van der Waals surface area contributed by atoms with E-state index in [4.69, 9.17) is 4.65 Å². The Hall–Kier alpha value is -3.66. The van der Waals surface area contributed by atoms with E-state index in [9.17, 15) is 19.7 Å². The van der Waals surface area contributed by atoms with E-state index < -0.39 is 19.0 Å². The molecule has 7 nitrogen and oxygen atoms in total. The second-order valence-corrected chi connectivity index (χ2v) is 13.0. The van der Waals surface area contributed by atoms with Crippen molar-refractivity contribution in [3.05, 3.63) is 99.6 Å². The molecule has 4 atom stereocenters. The summed E-state index contributed by atoms with van der Waals surface area (Å²) in [4.78, 5) is 29.3. The summed E-state index contributed by atoms with van der Waals surface area (Å²) in [6.07, 6.45) is 5.40. The van der Waals surface area contributed by atoms with Gasteiger partial charge in [0.2, 0.25) is 11.8 Å². The first-order valence-corrected chi connectivity index (χ1v) is 16.6. The smallest absolute Gasteiger partial charge is 0.455 e. The van der Waals surface area contributed by atoms with Gasteiger partial charge in [0.15, 0.2) is 0 Å². The fourth-order valence-corrected chi connectivity index (χ4v) is 7.65. The second-order valence-electron chi connectivity index (χ2n) is 12.1. The van der Waals surface area contributed by atoms with E-state index in [0.29, 0.717) is 31.3 Å². The Kier molecular flexibility index (Phi) is 9.31. The zero-order valence-electron chi connectivity index (χ0n) is 25.6. The summed E-state index contributed by atoms with van der Waals surface area (Å²) >= 11 is 3.48. The van der Waals surface area contributed by atoms with Crippen LogP contribution < -0.4 is 10.2 Å². The summed E-state index contributed by atoms with van der Waals surface area (Å²) < 4.78 is 7.05. The first-order valence-electron chi connectivity index (χ1n) is 15.8. The molecule has 9 heteroatoms. The number of hydrogen-bond donors (Lipinski definition) is 3. The van der Waals surface area contributed by atoms with E-state index in [1.807, 2.05) is 66.7 Å². The van der Waals surface area contributed by atoms with Crippen molar-refractivity contribution in [3.8, 4) is 5.75 Å². The molecule has 0 saturated carbocycles.